The zero-order valence-electron chi connectivity index (χ0n) is 14.2. The average Bonchev–Trinajstić information content (AvgIpc) is 3.28. The van der Waals surface area contributed by atoms with E-state index in [0.29, 0.717) is 11.4 Å². The molecule has 2 atom stereocenters. The van der Waals surface area contributed by atoms with Gasteiger partial charge in [0.15, 0.2) is 19.5 Å². The van der Waals surface area contributed by atoms with E-state index in [1.165, 1.54) is 0 Å². The second-order valence-corrected chi connectivity index (χ2v) is 10.2. The Kier molecular flexibility index (Phi) is 7.41. The van der Waals surface area contributed by atoms with Crippen LogP contribution in [-0.4, -0.2) is 40.5 Å². The van der Waals surface area contributed by atoms with E-state index < -0.39 is 19.5 Å². The highest BCUT2D eigenvalue weighted by atomic mass is 28.3. The maximum Gasteiger partial charge on any atom is 0.318 e. The van der Waals surface area contributed by atoms with Crippen LogP contribution < -0.4 is 0 Å². The van der Waals surface area contributed by atoms with E-state index in [0.717, 1.165) is 24.0 Å². The average molecular weight is 367 g/mol. The first kappa shape index (κ1) is 18.9. The lowest BCUT2D eigenvalue weighted by Crippen LogP contribution is -2.20. The summed E-state index contributed by atoms with van der Waals surface area (Å²) < 4.78 is 6.25. The summed E-state index contributed by atoms with van der Waals surface area (Å²) in [4.78, 5) is 6.72. The van der Waals surface area contributed by atoms with Crippen molar-refractivity contribution in [1.82, 2.24) is 0 Å². The molecule has 7 heteroatoms. The predicted octanol–water partition coefficient (Wildman–Crippen LogP) is 2.23. The van der Waals surface area contributed by atoms with Crippen LogP contribution in [0.1, 0.15) is 12.8 Å². The number of rotatable bonds is 10. The SMILES string of the molecule is C=CCC([SiH2]O[SiH2]C(CC=C)C1=CC=CC1=[N+]=[N-])C1=CC=CC1=[N+]=[N-]. The highest BCUT2D eigenvalue weighted by Crippen LogP contribution is 2.29. The molecule has 5 nitrogen and oxygen atoms in total. The standard InChI is InChI=1S/C18H22N4OSi2/c1-3-7-17(13-9-5-11-15(13)21-19)24-23-25-18(8-4-2)14-10-6-12-16(14)22-20/h3-6,9-12,17-18H,1-2,7-8,24-25H2. The number of hydrogen-bond acceptors (Lipinski definition) is 1. The van der Waals surface area contributed by atoms with E-state index in [1.807, 2.05) is 36.5 Å². The molecule has 0 aromatic carbocycles. The summed E-state index contributed by atoms with van der Waals surface area (Å²) in [6, 6.07) is 0. The van der Waals surface area contributed by atoms with E-state index in [4.69, 9.17) is 15.2 Å². The third-order valence-electron chi connectivity index (χ3n) is 4.29. The summed E-state index contributed by atoms with van der Waals surface area (Å²) in [7, 11) is -1.72. The van der Waals surface area contributed by atoms with Crippen LogP contribution in [0.25, 0.3) is 11.1 Å². The van der Waals surface area contributed by atoms with Crippen LogP contribution in [0.2, 0.25) is 11.1 Å². The largest absolute Gasteiger partial charge is 0.464 e. The van der Waals surface area contributed by atoms with Crippen LogP contribution >= 0.6 is 0 Å². The van der Waals surface area contributed by atoms with E-state index in [9.17, 15) is 0 Å². The van der Waals surface area contributed by atoms with Crippen molar-refractivity contribution < 1.29 is 13.7 Å². The molecule has 2 unspecified atom stereocenters. The van der Waals surface area contributed by atoms with Crippen molar-refractivity contribution in [2.24, 2.45) is 0 Å². The van der Waals surface area contributed by atoms with Crippen molar-refractivity contribution >= 4 is 30.9 Å². The van der Waals surface area contributed by atoms with Gasteiger partial charge in [0.1, 0.15) is 0 Å². The molecular formula is C18H22N4OSi2. The van der Waals surface area contributed by atoms with Crippen LogP contribution in [0, 0.1) is 0 Å². The Morgan fingerprint density at radius 3 is 1.72 bits per heavy atom. The van der Waals surface area contributed by atoms with Crippen LogP contribution in [0.15, 0.2) is 72.9 Å². The number of nitrogens with zero attached hydrogens (tertiary/aromatic N) is 4. The van der Waals surface area contributed by atoms with Gasteiger partial charge in [-0.15, -0.1) is 13.2 Å². The van der Waals surface area contributed by atoms with Crippen molar-refractivity contribution in [3.05, 3.63) is 84.0 Å². The first-order chi connectivity index (χ1) is 12.2. The third kappa shape index (κ3) is 4.79. The Labute approximate surface area is 152 Å². The van der Waals surface area contributed by atoms with Gasteiger partial charge in [-0.1, -0.05) is 36.5 Å². The van der Waals surface area contributed by atoms with Gasteiger partial charge >= 0.3 is 11.4 Å². The molecule has 0 radical (unpaired) electrons. The Morgan fingerprint density at radius 2 is 1.36 bits per heavy atom. The quantitative estimate of drug-likeness (QED) is 0.253. The molecule has 0 aromatic heterocycles. The van der Waals surface area contributed by atoms with Crippen molar-refractivity contribution in [2.75, 3.05) is 0 Å². The Bertz CT molecular complexity index is 702. The molecule has 2 aliphatic rings. The lowest BCUT2D eigenvalue weighted by atomic mass is 10.1. The minimum absolute atomic E-state index is 0.247. The lowest BCUT2D eigenvalue weighted by molar-refractivity contribution is -0.00293. The Balaban J connectivity index is 2.00. The Hall–Kier alpha value is -2.41. The maximum atomic E-state index is 9.13. The van der Waals surface area contributed by atoms with E-state index >= 15 is 0 Å². The highest BCUT2D eigenvalue weighted by molar-refractivity contribution is 6.47. The summed E-state index contributed by atoms with van der Waals surface area (Å²) in [6.07, 6.45) is 16.8. The summed E-state index contributed by atoms with van der Waals surface area (Å²) in [5.74, 6) is 0. The molecule has 0 aromatic rings. The maximum absolute atomic E-state index is 9.13. The lowest BCUT2D eigenvalue weighted by Gasteiger charge is -2.18. The first-order valence-electron chi connectivity index (χ1n) is 8.26. The molecule has 0 amide bonds. The molecule has 128 valence electrons. The van der Waals surface area contributed by atoms with Crippen LogP contribution in [-0.2, 0) is 4.12 Å². The molecule has 0 aliphatic heterocycles. The van der Waals surface area contributed by atoms with E-state index in [1.54, 1.807) is 12.2 Å². The van der Waals surface area contributed by atoms with E-state index in [2.05, 4.69) is 22.7 Å². The predicted molar refractivity (Wildman–Crippen MR) is 107 cm³/mol. The molecule has 0 heterocycles. The van der Waals surface area contributed by atoms with Crippen molar-refractivity contribution in [3.63, 3.8) is 0 Å². The molecule has 2 aliphatic carbocycles. The number of hydrogen-bond donors (Lipinski definition) is 0. The smallest absolute Gasteiger partial charge is 0.318 e. The van der Waals surface area contributed by atoms with Gasteiger partial charge in [-0.3, -0.25) is 0 Å². The van der Waals surface area contributed by atoms with Crippen molar-refractivity contribution in [1.29, 1.82) is 0 Å². The van der Waals surface area contributed by atoms with Gasteiger partial charge in [0.25, 0.3) is 0 Å². The molecule has 0 saturated carbocycles. The van der Waals surface area contributed by atoms with Gasteiger partial charge in [0.05, 0.1) is 0 Å². The van der Waals surface area contributed by atoms with Crippen LogP contribution in [0.4, 0.5) is 0 Å². The fourth-order valence-electron chi connectivity index (χ4n) is 3.05. The first-order valence-corrected chi connectivity index (χ1v) is 11.0. The molecule has 2 rings (SSSR count). The minimum atomic E-state index is -0.860. The number of allylic oxidation sites excluding steroid dienone is 10. The molecular weight excluding hydrogens is 344 g/mol. The third-order valence-corrected chi connectivity index (χ3v) is 8.52. The summed E-state index contributed by atoms with van der Waals surface area (Å²) >= 11 is 0. The van der Waals surface area contributed by atoms with Gasteiger partial charge in [-0.2, -0.15) is 9.58 Å². The molecule has 0 spiro atoms. The fourth-order valence-corrected chi connectivity index (χ4v) is 7.66. The van der Waals surface area contributed by atoms with Gasteiger partial charge in [-0.05, 0) is 12.8 Å². The van der Waals surface area contributed by atoms with E-state index in [-0.39, 0.29) is 11.1 Å². The summed E-state index contributed by atoms with van der Waals surface area (Å²) in [6.45, 7) is 7.67. The second kappa shape index (κ2) is 9.78. The Morgan fingerprint density at radius 1 is 0.920 bits per heavy atom. The monoisotopic (exact) mass is 366 g/mol. The zero-order valence-corrected chi connectivity index (χ0v) is 17.0. The summed E-state index contributed by atoms with van der Waals surface area (Å²) in [5.41, 5.74) is 22.0. The van der Waals surface area contributed by atoms with Crippen molar-refractivity contribution in [2.45, 2.75) is 23.9 Å². The molecule has 0 fully saturated rings. The molecule has 25 heavy (non-hydrogen) atoms. The van der Waals surface area contributed by atoms with Gasteiger partial charge < -0.3 is 15.2 Å². The van der Waals surface area contributed by atoms with Crippen molar-refractivity contribution in [3.8, 4) is 0 Å². The highest BCUT2D eigenvalue weighted by Gasteiger charge is 2.28. The topological polar surface area (TPSA) is 82.0 Å². The zero-order chi connectivity index (χ0) is 18.1. The molecule has 0 bridgehead atoms. The minimum Gasteiger partial charge on any atom is -0.464 e. The second-order valence-electron chi connectivity index (χ2n) is 5.91. The molecule has 0 saturated heterocycles. The van der Waals surface area contributed by atoms with Gasteiger partial charge in [0, 0.05) is 34.4 Å². The molecule has 0 N–H and O–H groups in total. The van der Waals surface area contributed by atoms with Gasteiger partial charge in [0.2, 0.25) is 0 Å². The summed E-state index contributed by atoms with van der Waals surface area (Å²) in [5, 5.41) is 0. The fraction of sp³-hybridized carbons (Fsp3) is 0.222. The van der Waals surface area contributed by atoms with Gasteiger partial charge in [-0.25, -0.2) is 0 Å². The van der Waals surface area contributed by atoms with Crippen LogP contribution in [0.3, 0.4) is 0 Å². The van der Waals surface area contributed by atoms with Crippen LogP contribution in [0.5, 0.6) is 0 Å². The normalized spacial score (nSPS) is 18.6.